The Labute approximate surface area is 109 Å². The van der Waals surface area contributed by atoms with E-state index in [1.54, 1.807) is 13.0 Å². The summed E-state index contributed by atoms with van der Waals surface area (Å²) >= 11 is 0. The summed E-state index contributed by atoms with van der Waals surface area (Å²) in [6.45, 7) is 1.65. The third-order valence-electron chi connectivity index (χ3n) is 3.41. The SMILES string of the molecule is Cc1cc(NC2CCC(C(=O)O)C2)ncc1[N+](=O)[O-]. The second-order valence-corrected chi connectivity index (χ2v) is 4.80. The van der Waals surface area contributed by atoms with Crippen molar-refractivity contribution in [3.05, 3.63) is 27.9 Å². The molecule has 2 N–H and O–H groups in total. The van der Waals surface area contributed by atoms with Crippen LogP contribution in [-0.4, -0.2) is 27.0 Å². The molecule has 0 aliphatic heterocycles. The highest BCUT2D eigenvalue weighted by Crippen LogP contribution is 2.28. The van der Waals surface area contributed by atoms with Crippen molar-refractivity contribution < 1.29 is 14.8 Å². The van der Waals surface area contributed by atoms with Gasteiger partial charge in [0.1, 0.15) is 12.0 Å². The molecule has 1 fully saturated rings. The molecule has 0 bridgehead atoms. The van der Waals surface area contributed by atoms with Crippen molar-refractivity contribution in [3.63, 3.8) is 0 Å². The van der Waals surface area contributed by atoms with Gasteiger partial charge in [0.15, 0.2) is 0 Å². The van der Waals surface area contributed by atoms with Crippen LogP contribution in [0.4, 0.5) is 11.5 Å². The summed E-state index contributed by atoms with van der Waals surface area (Å²) in [4.78, 5) is 25.1. The summed E-state index contributed by atoms with van der Waals surface area (Å²) in [6.07, 6.45) is 3.21. The summed E-state index contributed by atoms with van der Waals surface area (Å²) in [5.74, 6) is -0.520. The molecule has 1 aromatic heterocycles. The summed E-state index contributed by atoms with van der Waals surface area (Å²) in [5, 5.41) is 22.7. The van der Waals surface area contributed by atoms with Crippen molar-refractivity contribution in [2.75, 3.05) is 5.32 Å². The van der Waals surface area contributed by atoms with Crippen molar-refractivity contribution >= 4 is 17.5 Å². The second kappa shape index (κ2) is 5.21. The number of nitrogens with zero attached hydrogens (tertiary/aromatic N) is 2. The highest BCUT2D eigenvalue weighted by Gasteiger charge is 2.29. The number of aromatic nitrogens is 1. The molecule has 0 spiro atoms. The van der Waals surface area contributed by atoms with E-state index >= 15 is 0 Å². The monoisotopic (exact) mass is 265 g/mol. The molecular formula is C12H15N3O4. The van der Waals surface area contributed by atoms with Gasteiger partial charge in [-0.05, 0) is 32.3 Å². The summed E-state index contributed by atoms with van der Waals surface area (Å²) < 4.78 is 0. The maximum Gasteiger partial charge on any atom is 0.306 e. The van der Waals surface area contributed by atoms with E-state index in [-0.39, 0.29) is 17.6 Å². The molecule has 1 heterocycles. The molecule has 102 valence electrons. The van der Waals surface area contributed by atoms with Crippen LogP contribution in [0.2, 0.25) is 0 Å². The number of aryl methyl sites for hydroxylation is 1. The van der Waals surface area contributed by atoms with Crippen molar-refractivity contribution in [1.29, 1.82) is 0 Å². The number of hydrogen-bond acceptors (Lipinski definition) is 5. The smallest absolute Gasteiger partial charge is 0.306 e. The van der Waals surface area contributed by atoms with E-state index in [4.69, 9.17) is 5.11 Å². The van der Waals surface area contributed by atoms with Gasteiger partial charge in [0.05, 0.1) is 10.8 Å². The lowest BCUT2D eigenvalue weighted by molar-refractivity contribution is -0.385. The van der Waals surface area contributed by atoms with Crippen LogP contribution in [0.3, 0.4) is 0 Å². The third-order valence-corrected chi connectivity index (χ3v) is 3.41. The van der Waals surface area contributed by atoms with Gasteiger partial charge in [-0.25, -0.2) is 4.98 Å². The Bertz CT molecular complexity index is 518. The Morgan fingerprint density at radius 3 is 2.84 bits per heavy atom. The summed E-state index contributed by atoms with van der Waals surface area (Å²) in [5.41, 5.74) is 0.524. The van der Waals surface area contributed by atoms with Gasteiger partial charge in [-0.2, -0.15) is 0 Å². The Morgan fingerprint density at radius 2 is 2.32 bits per heavy atom. The number of nitro groups is 1. The number of hydrogen-bond donors (Lipinski definition) is 2. The molecule has 19 heavy (non-hydrogen) atoms. The van der Waals surface area contributed by atoms with Crippen LogP contribution in [0.25, 0.3) is 0 Å². The molecule has 1 aliphatic rings. The number of aliphatic carboxylic acids is 1. The quantitative estimate of drug-likeness (QED) is 0.636. The summed E-state index contributed by atoms with van der Waals surface area (Å²) in [7, 11) is 0. The van der Waals surface area contributed by atoms with Gasteiger partial charge in [-0.1, -0.05) is 0 Å². The first-order valence-corrected chi connectivity index (χ1v) is 6.07. The fourth-order valence-electron chi connectivity index (χ4n) is 2.36. The van der Waals surface area contributed by atoms with Crippen LogP contribution < -0.4 is 5.32 Å². The van der Waals surface area contributed by atoms with Crippen molar-refractivity contribution in [3.8, 4) is 0 Å². The standard InChI is InChI=1S/C12H15N3O4/c1-7-4-11(13-6-10(7)15(18)19)14-9-3-2-8(5-9)12(16)17/h4,6,8-9H,2-3,5H2,1H3,(H,13,14)(H,16,17). The van der Waals surface area contributed by atoms with Crippen LogP contribution in [-0.2, 0) is 4.79 Å². The largest absolute Gasteiger partial charge is 0.481 e. The van der Waals surface area contributed by atoms with E-state index in [0.717, 1.165) is 6.42 Å². The van der Waals surface area contributed by atoms with E-state index < -0.39 is 10.9 Å². The lowest BCUT2D eigenvalue weighted by atomic mass is 10.1. The average Bonchev–Trinajstić information content (AvgIpc) is 2.77. The minimum atomic E-state index is -0.767. The molecular weight excluding hydrogens is 250 g/mol. The lowest BCUT2D eigenvalue weighted by Gasteiger charge is -2.13. The molecule has 0 saturated heterocycles. The van der Waals surface area contributed by atoms with Gasteiger partial charge in [0, 0.05) is 11.6 Å². The van der Waals surface area contributed by atoms with E-state index in [2.05, 4.69) is 10.3 Å². The first-order valence-electron chi connectivity index (χ1n) is 6.07. The van der Waals surface area contributed by atoms with Crippen LogP contribution >= 0.6 is 0 Å². The molecule has 0 amide bonds. The Morgan fingerprint density at radius 1 is 1.58 bits per heavy atom. The molecule has 7 nitrogen and oxygen atoms in total. The molecule has 1 saturated carbocycles. The maximum absolute atomic E-state index is 10.9. The zero-order valence-corrected chi connectivity index (χ0v) is 10.5. The van der Waals surface area contributed by atoms with Crippen molar-refractivity contribution in [1.82, 2.24) is 4.98 Å². The lowest BCUT2D eigenvalue weighted by Crippen LogP contribution is -2.18. The number of carboxylic acid groups (broad SMARTS) is 1. The molecule has 2 unspecified atom stereocenters. The maximum atomic E-state index is 10.9. The zero-order valence-electron chi connectivity index (χ0n) is 10.5. The van der Waals surface area contributed by atoms with E-state index in [1.165, 1.54) is 6.20 Å². The molecule has 1 aliphatic carbocycles. The molecule has 0 aromatic carbocycles. The number of carboxylic acids is 1. The molecule has 2 atom stereocenters. The molecule has 0 radical (unpaired) electrons. The normalized spacial score (nSPS) is 22.2. The third kappa shape index (κ3) is 2.98. The molecule has 2 rings (SSSR count). The Hall–Kier alpha value is -2.18. The molecule has 7 heteroatoms. The van der Waals surface area contributed by atoms with E-state index in [1.807, 2.05) is 0 Å². The van der Waals surface area contributed by atoms with Crippen LogP contribution in [0.5, 0.6) is 0 Å². The number of nitrogens with one attached hydrogen (secondary N) is 1. The highest BCUT2D eigenvalue weighted by molar-refractivity contribution is 5.70. The van der Waals surface area contributed by atoms with Gasteiger partial charge in [0.25, 0.3) is 5.69 Å². The van der Waals surface area contributed by atoms with Crippen LogP contribution in [0, 0.1) is 23.0 Å². The summed E-state index contributed by atoms with van der Waals surface area (Å²) in [6, 6.07) is 1.68. The van der Waals surface area contributed by atoms with Crippen LogP contribution in [0.1, 0.15) is 24.8 Å². The minimum Gasteiger partial charge on any atom is -0.481 e. The first-order chi connectivity index (χ1) is 8.97. The van der Waals surface area contributed by atoms with Gasteiger partial charge >= 0.3 is 5.97 Å². The second-order valence-electron chi connectivity index (χ2n) is 4.80. The number of pyridine rings is 1. The van der Waals surface area contributed by atoms with E-state index in [9.17, 15) is 14.9 Å². The number of anilines is 1. The predicted octanol–water partition coefficient (Wildman–Crippen LogP) is 1.96. The number of rotatable bonds is 4. The first kappa shape index (κ1) is 13.3. The van der Waals surface area contributed by atoms with Crippen LogP contribution in [0.15, 0.2) is 12.3 Å². The Kier molecular flexibility index (Phi) is 3.64. The fraction of sp³-hybridized carbons (Fsp3) is 0.500. The fourth-order valence-corrected chi connectivity index (χ4v) is 2.36. The van der Waals surface area contributed by atoms with Crippen molar-refractivity contribution in [2.24, 2.45) is 5.92 Å². The predicted molar refractivity (Wildman–Crippen MR) is 68.0 cm³/mol. The average molecular weight is 265 g/mol. The van der Waals surface area contributed by atoms with Gasteiger partial charge in [-0.15, -0.1) is 0 Å². The zero-order chi connectivity index (χ0) is 14.0. The highest BCUT2D eigenvalue weighted by atomic mass is 16.6. The Balaban J connectivity index is 2.03. The van der Waals surface area contributed by atoms with Crippen molar-refractivity contribution in [2.45, 2.75) is 32.2 Å². The molecule has 1 aromatic rings. The van der Waals surface area contributed by atoms with E-state index in [0.29, 0.717) is 24.2 Å². The minimum absolute atomic E-state index is 0.0135. The number of carbonyl (C=O) groups is 1. The topological polar surface area (TPSA) is 105 Å². The van der Waals surface area contributed by atoms with Gasteiger partial charge in [-0.3, -0.25) is 14.9 Å². The van der Waals surface area contributed by atoms with Gasteiger partial charge in [0.2, 0.25) is 0 Å². The van der Waals surface area contributed by atoms with Gasteiger partial charge < -0.3 is 10.4 Å².